The predicted octanol–water partition coefficient (Wildman–Crippen LogP) is 3.10. The third kappa shape index (κ3) is 2.24. The minimum absolute atomic E-state index is 0.156. The molecule has 0 aliphatic rings. The average molecular weight is 283 g/mol. The van der Waals surface area contributed by atoms with Crippen LogP contribution in [-0.4, -0.2) is 15.9 Å². The molecule has 86 valence electrons. The van der Waals surface area contributed by atoms with E-state index in [1.54, 1.807) is 0 Å². The largest absolute Gasteiger partial charge is 0.298 e. The molecule has 0 fully saturated rings. The van der Waals surface area contributed by atoms with Crippen LogP contribution in [0.2, 0.25) is 0 Å². The van der Waals surface area contributed by atoms with Crippen LogP contribution >= 0.6 is 15.9 Å². The van der Waals surface area contributed by atoms with Crippen molar-refractivity contribution in [3.63, 3.8) is 0 Å². The minimum Gasteiger partial charge on any atom is -0.298 e. The molecule has 0 N–H and O–H groups in total. The normalized spacial score (nSPS) is 13.2. The summed E-state index contributed by atoms with van der Waals surface area (Å²) in [5.41, 5.74) is 0.977. The zero-order valence-electron chi connectivity index (χ0n) is 9.66. The van der Waals surface area contributed by atoms with Gasteiger partial charge >= 0.3 is 0 Å². The number of carbonyl (C=O) groups is 2. The maximum Gasteiger partial charge on any atom is 0.154 e. The summed E-state index contributed by atoms with van der Waals surface area (Å²) >= 11 is 3.32. The van der Waals surface area contributed by atoms with E-state index in [0.717, 1.165) is 5.56 Å². The van der Waals surface area contributed by atoms with Crippen LogP contribution in [-0.2, 0) is 9.59 Å². The lowest BCUT2D eigenvalue weighted by Crippen LogP contribution is -2.42. The lowest BCUT2D eigenvalue weighted by Gasteiger charge is -2.29. The molecule has 1 rings (SSSR count). The lowest BCUT2D eigenvalue weighted by molar-refractivity contribution is -0.128. The third-order valence-electron chi connectivity index (χ3n) is 2.92. The van der Waals surface area contributed by atoms with Crippen LogP contribution in [0.1, 0.15) is 32.3 Å². The topological polar surface area (TPSA) is 34.1 Å². The van der Waals surface area contributed by atoms with E-state index in [0.29, 0.717) is 0 Å². The lowest BCUT2D eigenvalue weighted by atomic mass is 9.82. The van der Waals surface area contributed by atoms with Crippen molar-refractivity contribution < 1.29 is 9.59 Å². The number of carbonyl (C=O) groups excluding carboxylic acids is 2. The Morgan fingerprint density at radius 2 is 1.56 bits per heavy atom. The number of alkyl halides is 1. The second kappa shape index (κ2) is 4.91. The number of benzene rings is 1. The molecule has 0 aliphatic heterocycles. The van der Waals surface area contributed by atoms with Gasteiger partial charge in [-0.2, -0.15) is 0 Å². The van der Waals surface area contributed by atoms with Crippen molar-refractivity contribution in [3.8, 4) is 0 Å². The van der Waals surface area contributed by atoms with Gasteiger partial charge in [-0.25, -0.2) is 0 Å². The Balaban J connectivity index is 3.16. The van der Waals surface area contributed by atoms with Crippen LogP contribution in [0.25, 0.3) is 0 Å². The highest BCUT2D eigenvalue weighted by molar-refractivity contribution is 9.10. The Hall–Kier alpha value is -0.960. The third-order valence-corrected chi connectivity index (χ3v) is 4.72. The SMILES string of the molecule is CC(=O)C(Br)(C(C)=O)C(C)c1ccccc1. The molecule has 2 nitrogen and oxygen atoms in total. The maximum absolute atomic E-state index is 11.7. The molecular formula is C13H15BrO2. The summed E-state index contributed by atoms with van der Waals surface area (Å²) in [4.78, 5) is 23.3. The molecular weight excluding hydrogens is 268 g/mol. The van der Waals surface area contributed by atoms with Gasteiger partial charge in [-0.15, -0.1) is 0 Å². The zero-order valence-corrected chi connectivity index (χ0v) is 11.2. The fourth-order valence-corrected chi connectivity index (χ4v) is 2.09. The second-order valence-corrected chi connectivity index (χ2v) is 5.21. The fraction of sp³-hybridized carbons (Fsp3) is 0.385. The summed E-state index contributed by atoms with van der Waals surface area (Å²) in [6, 6.07) is 9.56. The summed E-state index contributed by atoms with van der Waals surface area (Å²) in [6.45, 7) is 4.76. The minimum atomic E-state index is -1.10. The summed E-state index contributed by atoms with van der Waals surface area (Å²) in [6.07, 6.45) is 0. The zero-order chi connectivity index (χ0) is 12.3. The molecule has 1 aromatic rings. The van der Waals surface area contributed by atoms with Crippen molar-refractivity contribution in [3.05, 3.63) is 35.9 Å². The Kier molecular flexibility index (Phi) is 4.03. The van der Waals surface area contributed by atoms with Gasteiger partial charge in [-0.05, 0) is 19.4 Å². The molecule has 0 radical (unpaired) electrons. The fourth-order valence-electron chi connectivity index (χ4n) is 1.83. The van der Waals surface area contributed by atoms with E-state index in [2.05, 4.69) is 15.9 Å². The molecule has 0 aliphatic carbocycles. The van der Waals surface area contributed by atoms with Gasteiger partial charge in [0.2, 0.25) is 0 Å². The summed E-state index contributed by atoms with van der Waals surface area (Å²) < 4.78 is -1.10. The van der Waals surface area contributed by atoms with E-state index in [1.807, 2.05) is 37.3 Å². The number of ketones is 2. The van der Waals surface area contributed by atoms with E-state index >= 15 is 0 Å². The highest BCUT2D eigenvalue weighted by Gasteiger charge is 2.43. The van der Waals surface area contributed by atoms with E-state index in [9.17, 15) is 9.59 Å². The summed E-state index contributed by atoms with van der Waals surface area (Å²) in [7, 11) is 0. The Labute approximate surface area is 104 Å². The maximum atomic E-state index is 11.7. The van der Waals surface area contributed by atoms with Gasteiger partial charge in [0.15, 0.2) is 11.6 Å². The van der Waals surface area contributed by atoms with Crippen molar-refractivity contribution in [1.82, 2.24) is 0 Å². The summed E-state index contributed by atoms with van der Waals surface area (Å²) in [5.74, 6) is -0.489. The second-order valence-electron chi connectivity index (χ2n) is 3.96. The van der Waals surface area contributed by atoms with E-state index in [4.69, 9.17) is 0 Å². The Morgan fingerprint density at radius 1 is 1.12 bits per heavy atom. The average Bonchev–Trinajstić information content (AvgIpc) is 2.27. The first-order chi connectivity index (χ1) is 7.40. The molecule has 0 saturated carbocycles. The van der Waals surface area contributed by atoms with Gasteiger partial charge in [0.25, 0.3) is 0 Å². The van der Waals surface area contributed by atoms with Gasteiger partial charge in [-0.3, -0.25) is 9.59 Å². The number of Topliss-reactive ketones (excluding diaryl/α,β-unsaturated/α-hetero) is 2. The number of rotatable bonds is 4. The Bertz CT molecular complexity index is 384. The van der Waals surface area contributed by atoms with Crippen molar-refractivity contribution >= 4 is 27.5 Å². The van der Waals surface area contributed by atoms with Gasteiger partial charge in [0.1, 0.15) is 4.32 Å². The van der Waals surface area contributed by atoms with Gasteiger partial charge in [0, 0.05) is 5.92 Å². The molecule has 3 heteroatoms. The number of hydrogen-bond donors (Lipinski definition) is 0. The van der Waals surface area contributed by atoms with E-state index in [1.165, 1.54) is 13.8 Å². The van der Waals surface area contributed by atoms with Crippen LogP contribution in [0.5, 0.6) is 0 Å². The molecule has 0 aromatic heterocycles. The summed E-state index contributed by atoms with van der Waals surface area (Å²) in [5, 5.41) is 0. The molecule has 1 atom stereocenters. The van der Waals surface area contributed by atoms with E-state index in [-0.39, 0.29) is 17.5 Å². The first-order valence-electron chi connectivity index (χ1n) is 5.16. The van der Waals surface area contributed by atoms with Crippen molar-refractivity contribution in [2.75, 3.05) is 0 Å². The van der Waals surface area contributed by atoms with Crippen LogP contribution in [0.3, 0.4) is 0 Å². The quantitative estimate of drug-likeness (QED) is 0.628. The monoisotopic (exact) mass is 282 g/mol. The smallest absolute Gasteiger partial charge is 0.154 e. The molecule has 0 spiro atoms. The van der Waals surface area contributed by atoms with Gasteiger partial charge in [-0.1, -0.05) is 53.2 Å². The molecule has 0 heterocycles. The first-order valence-corrected chi connectivity index (χ1v) is 5.96. The van der Waals surface area contributed by atoms with Crippen molar-refractivity contribution in [1.29, 1.82) is 0 Å². The molecule has 1 aromatic carbocycles. The highest BCUT2D eigenvalue weighted by Crippen LogP contribution is 2.37. The number of halogens is 1. The molecule has 0 amide bonds. The van der Waals surface area contributed by atoms with Crippen LogP contribution < -0.4 is 0 Å². The van der Waals surface area contributed by atoms with Gasteiger partial charge in [0.05, 0.1) is 0 Å². The number of hydrogen-bond acceptors (Lipinski definition) is 2. The Morgan fingerprint density at radius 3 is 1.94 bits per heavy atom. The standard InChI is InChI=1S/C13H15BrO2/c1-9(12-7-5-4-6-8-12)13(14,10(2)15)11(3)16/h4-9H,1-3H3. The molecule has 16 heavy (non-hydrogen) atoms. The first kappa shape index (κ1) is 13.1. The molecule has 1 unspecified atom stereocenters. The van der Waals surface area contributed by atoms with Crippen LogP contribution in [0, 0.1) is 0 Å². The van der Waals surface area contributed by atoms with Crippen LogP contribution in [0.15, 0.2) is 30.3 Å². The van der Waals surface area contributed by atoms with Gasteiger partial charge < -0.3 is 0 Å². The van der Waals surface area contributed by atoms with E-state index < -0.39 is 4.32 Å². The van der Waals surface area contributed by atoms with Crippen molar-refractivity contribution in [2.24, 2.45) is 0 Å². The highest BCUT2D eigenvalue weighted by atomic mass is 79.9. The van der Waals surface area contributed by atoms with Crippen molar-refractivity contribution in [2.45, 2.75) is 31.0 Å². The molecule has 0 bridgehead atoms. The predicted molar refractivity (Wildman–Crippen MR) is 67.9 cm³/mol. The molecule has 0 saturated heterocycles. The van der Waals surface area contributed by atoms with Crippen LogP contribution in [0.4, 0.5) is 0 Å².